The number of fused-ring (bicyclic) bond motifs is 1. The molecule has 0 unspecified atom stereocenters. The van der Waals surface area contributed by atoms with E-state index in [-0.39, 0.29) is 0 Å². The van der Waals surface area contributed by atoms with Crippen molar-refractivity contribution in [3.8, 4) is 5.75 Å². The van der Waals surface area contributed by atoms with E-state index in [1.165, 1.54) is 11.3 Å². The van der Waals surface area contributed by atoms with Gasteiger partial charge >= 0.3 is 0 Å². The van der Waals surface area contributed by atoms with Gasteiger partial charge in [0, 0.05) is 12.4 Å². The van der Waals surface area contributed by atoms with Crippen LogP contribution in [0.15, 0.2) is 30.6 Å². The van der Waals surface area contributed by atoms with E-state index >= 15 is 0 Å². The first-order chi connectivity index (χ1) is 9.76. The van der Waals surface area contributed by atoms with E-state index in [0.717, 1.165) is 21.1 Å². The van der Waals surface area contributed by atoms with Gasteiger partial charge in [-0.3, -0.25) is 0 Å². The molecule has 7 heteroatoms. The monoisotopic (exact) mass is 287 g/mol. The third kappa shape index (κ3) is 2.48. The number of thiazole rings is 1. The van der Waals surface area contributed by atoms with E-state index in [1.54, 1.807) is 12.4 Å². The predicted molar refractivity (Wildman–Crippen MR) is 80.5 cm³/mol. The molecule has 0 radical (unpaired) electrons. The minimum Gasteiger partial charge on any atom is -0.494 e. The topological polar surface area (TPSA) is 86.0 Å². The molecule has 6 nitrogen and oxygen atoms in total. The van der Waals surface area contributed by atoms with Crippen molar-refractivity contribution in [1.29, 1.82) is 0 Å². The van der Waals surface area contributed by atoms with Crippen LogP contribution in [0.3, 0.4) is 0 Å². The summed E-state index contributed by atoms with van der Waals surface area (Å²) in [4.78, 5) is 12.6. The summed E-state index contributed by atoms with van der Waals surface area (Å²) in [5, 5.41) is 3.80. The quantitative estimate of drug-likeness (QED) is 0.767. The molecular weight excluding hydrogens is 274 g/mol. The van der Waals surface area contributed by atoms with E-state index in [1.807, 2.05) is 25.1 Å². The SMILES string of the molecule is CCOc1ccc2nc(Nc3nccnc3N)sc2c1. The zero-order valence-electron chi connectivity index (χ0n) is 10.8. The van der Waals surface area contributed by atoms with Gasteiger partial charge in [-0.2, -0.15) is 0 Å². The highest BCUT2D eigenvalue weighted by Crippen LogP contribution is 2.31. The lowest BCUT2D eigenvalue weighted by Crippen LogP contribution is -2.00. The van der Waals surface area contributed by atoms with Crippen molar-refractivity contribution in [2.24, 2.45) is 0 Å². The molecule has 0 spiro atoms. The lowest BCUT2D eigenvalue weighted by molar-refractivity contribution is 0.341. The fraction of sp³-hybridized carbons (Fsp3) is 0.154. The van der Waals surface area contributed by atoms with Crippen LogP contribution in [-0.2, 0) is 0 Å². The van der Waals surface area contributed by atoms with Gasteiger partial charge in [0.25, 0.3) is 0 Å². The standard InChI is InChI=1S/C13H13N5OS/c1-2-19-8-3-4-9-10(7-8)20-13(17-9)18-12-11(14)15-5-6-16-12/h3-7H,2H2,1H3,(H2,14,15)(H,16,17,18). The average molecular weight is 287 g/mol. The predicted octanol–water partition coefficient (Wildman–Crippen LogP) is 2.81. The second-order valence-electron chi connectivity index (χ2n) is 4.00. The molecule has 1 aromatic carbocycles. The molecule has 102 valence electrons. The van der Waals surface area contributed by atoms with Crippen molar-refractivity contribution in [2.75, 3.05) is 17.7 Å². The maximum atomic E-state index is 5.75. The molecule has 3 N–H and O–H groups in total. The number of nitrogens with two attached hydrogens (primary N) is 1. The van der Waals surface area contributed by atoms with Crippen LogP contribution in [0.2, 0.25) is 0 Å². The van der Waals surface area contributed by atoms with E-state index in [4.69, 9.17) is 10.5 Å². The minimum atomic E-state index is 0.349. The van der Waals surface area contributed by atoms with Gasteiger partial charge < -0.3 is 15.8 Å². The molecule has 0 saturated heterocycles. The second-order valence-corrected chi connectivity index (χ2v) is 5.03. The molecule has 0 aliphatic rings. The van der Waals surface area contributed by atoms with E-state index in [9.17, 15) is 0 Å². The summed E-state index contributed by atoms with van der Waals surface area (Å²) in [6.45, 7) is 2.60. The number of hydrogen-bond acceptors (Lipinski definition) is 7. The van der Waals surface area contributed by atoms with Crippen LogP contribution in [0.5, 0.6) is 5.75 Å². The zero-order valence-corrected chi connectivity index (χ0v) is 11.6. The summed E-state index contributed by atoms with van der Waals surface area (Å²) < 4.78 is 6.52. The van der Waals surface area contributed by atoms with E-state index in [2.05, 4.69) is 20.3 Å². The van der Waals surface area contributed by atoms with Gasteiger partial charge in [-0.15, -0.1) is 0 Å². The number of anilines is 3. The van der Waals surface area contributed by atoms with E-state index in [0.29, 0.717) is 18.2 Å². The van der Waals surface area contributed by atoms with Crippen LogP contribution in [0, 0.1) is 0 Å². The number of nitrogens with zero attached hydrogens (tertiary/aromatic N) is 3. The van der Waals surface area contributed by atoms with Gasteiger partial charge in [0.2, 0.25) is 0 Å². The van der Waals surface area contributed by atoms with Crippen LogP contribution in [0.1, 0.15) is 6.92 Å². The molecule has 3 rings (SSSR count). The first kappa shape index (κ1) is 12.6. The molecule has 20 heavy (non-hydrogen) atoms. The van der Waals surface area contributed by atoms with Gasteiger partial charge in [0.15, 0.2) is 16.8 Å². The summed E-state index contributed by atoms with van der Waals surface area (Å²) >= 11 is 1.52. The fourth-order valence-corrected chi connectivity index (χ4v) is 2.65. The number of benzene rings is 1. The third-order valence-electron chi connectivity index (χ3n) is 2.62. The fourth-order valence-electron chi connectivity index (χ4n) is 1.76. The maximum absolute atomic E-state index is 5.75. The van der Waals surface area contributed by atoms with E-state index < -0.39 is 0 Å². The number of aromatic nitrogens is 3. The Balaban J connectivity index is 1.91. The Kier molecular flexibility index (Phi) is 3.34. The Morgan fingerprint density at radius 3 is 2.95 bits per heavy atom. The molecule has 0 fully saturated rings. The summed E-state index contributed by atoms with van der Waals surface area (Å²) in [6.07, 6.45) is 3.13. The van der Waals surface area contributed by atoms with Crippen molar-refractivity contribution in [1.82, 2.24) is 15.0 Å². The molecule has 3 aromatic rings. The van der Waals surface area contributed by atoms with Crippen LogP contribution < -0.4 is 15.8 Å². The van der Waals surface area contributed by atoms with Crippen molar-refractivity contribution in [2.45, 2.75) is 6.92 Å². The summed E-state index contributed by atoms with van der Waals surface area (Å²) in [5.74, 6) is 1.70. The Morgan fingerprint density at radius 1 is 1.30 bits per heavy atom. The average Bonchev–Trinajstić information content (AvgIpc) is 2.83. The smallest absolute Gasteiger partial charge is 0.189 e. The Morgan fingerprint density at radius 2 is 2.15 bits per heavy atom. The Labute approximate surface area is 119 Å². The lowest BCUT2D eigenvalue weighted by atomic mass is 10.3. The number of nitrogens with one attached hydrogen (secondary N) is 1. The molecule has 0 aliphatic heterocycles. The first-order valence-corrected chi connectivity index (χ1v) is 6.95. The normalized spacial score (nSPS) is 10.7. The van der Waals surface area contributed by atoms with Gasteiger partial charge in [-0.05, 0) is 25.1 Å². The minimum absolute atomic E-state index is 0.349. The Bertz CT molecular complexity index is 742. The summed E-state index contributed by atoms with van der Waals surface area (Å²) in [7, 11) is 0. The molecule has 0 amide bonds. The molecule has 2 heterocycles. The molecule has 2 aromatic heterocycles. The molecule has 0 aliphatic carbocycles. The number of nitrogen functional groups attached to an aromatic ring is 1. The highest BCUT2D eigenvalue weighted by Gasteiger charge is 2.08. The number of hydrogen-bond donors (Lipinski definition) is 2. The summed E-state index contributed by atoms with van der Waals surface area (Å²) in [6, 6.07) is 5.82. The van der Waals surface area contributed by atoms with Gasteiger partial charge in [-0.1, -0.05) is 11.3 Å². The van der Waals surface area contributed by atoms with Gasteiger partial charge in [0.1, 0.15) is 5.75 Å². The second kappa shape index (κ2) is 5.30. The highest BCUT2D eigenvalue weighted by atomic mass is 32.1. The summed E-state index contributed by atoms with van der Waals surface area (Å²) in [5.41, 5.74) is 6.65. The van der Waals surface area contributed by atoms with Crippen LogP contribution in [-0.4, -0.2) is 21.6 Å². The third-order valence-corrected chi connectivity index (χ3v) is 3.56. The van der Waals surface area contributed by atoms with Crippen LogP contribution in [0.25, 0.3) is 10.2 Å². The lowest BCUT2D eigenvalue weighted by Gasteiger charge is -2.02. The molecule has 0 saturated carbocycles. The van der Waals surface area contributed by atoms with Gasteiger partial charge in [0.05, 0.1) is 16.8 Å². The van der Waals surface area contributed by atoms with Crippen LogP contribution >= 0.6 is 11.3 Å². The van der Waals surface area contributed by atoms with Gasteiger partial charge in [-0.25, -0.2) is 15.0 Å². The van der Waals surface area contributed by atoms with Crippen molar-refractivity contribution in [3.05, 3.63) is 30.6 Å². The number of ether oxygens (including phenoxy) is 1. The van der Waals surface area contributed by atoms with Crippen LogP contribution in [0.4, 0.5) is 16.8 Å². The van der Waals surface area contributed by atoms with Crippen molar-refractivity contribution < 1.29 is 4.74 Å². The zero-order chi connectivity index (χ0) is 13.9. The Hall–Kier alpha value is -2.41. The maximum Gasteiger partial charge on any atom is 0.189 e. The number of rotatable bonds is 4. The first-order valence-electron chi connectivity index (χ1n) is 6.13. The highest BCUT2D eigenvalue weighted by molar-refractivity contribution is 7.22. The largest absolute Gasteiger partial charge is 0.494 e. The molecule has 0 bridgehead atoms. The molecule has 0 atom stereocenters. The van der Waals surface area contributed by atoms with Crippen molar-refractivity contribution >= 4 is 38.3 Å². The van der Waals surface area contributed by atoms with Crippen molar-refractivity contribution in [3.63, 3.8) is 0 Å². The molecular formula is C13H13N5OS.